The second-order valence-corrected chi connectivity index (χ2v) is 8.79. The summed E-state index contributed by atoms with van der Waals surface area (Å²) in [6.45, 7) is 8.32. The SMILES string of the molecule is CCOc1ccc(CC(=O)Nc2cc(C)nn2-c2nc3c(cnn3-c3cccc(C)c3C)c(=O)[nH]2)cc1. The molecule has 0 saturated heterocycles. The van der Waals surface area contributed by atoms with Gasteiger partial charge in [0.05, 0.1) is 30.6 Å². The number of ether oxygens (including phenoxy) is 1. The summed E-state index contributed by atoms with van der Waals surface area (Å²) >= 11 is 0. The van der Waals surface area contributed by atoms with Crippen molar-refractivity contribution in [2.45, 2.75) is 34.1 Å². The maximum absolute atomic E-state index is 12.9. The van der Waals surface area contributed by atoms with Crippen LogP contribution in [0.1, 0.15) is 29.3 Å². The van der Waals surface area contributed by atoms with Crippen LogP contribution in [0.4, 0.5) is 5.82 Å². The van der Waals surface area contributed by atoms with Crippen molar-refractivity contribution in [3.63, 3.8) is 0 Å². The van der Waals surface area contributed by atoms with E-state index in [4.69, 9.17) is 4.74 Å². The van der Waals surface area contributed by atoms with Crippen LogP contribution in [0, 0.1) is 20.8 Å². The number of aromatic nitrogens is 6. The van der Waals surface area contributed by atoms with Crippen LogP contribution in [0.5, 0.6) is 5.75 Å². The highest BCUT2D eigenvalue weighted by molar-refractivity contribution is 5.91. The maximum atomic E-state index is 12.9. The summed E-state index contributed by atoms with van der Waals surface area (Å²) in [4.78, 5) is 33.2. The van der Waals surface area contributed by atoms with E-state index in [0.717, 1.165) is 28.1 Å². The summed E-state index contributed by atoms with van der Waals surface area (Å²) in [6.07, 6.45) is 1.67. The Morgan fingerprint density at radius 1 is 1.08 bits per heavy atom. The van der Waals surface area contributed by atoms with Crippen LogP contribution in [0.2, 0.25) is 0 Å². The summed E-state index contributed by atoms with van der Waals surface area (Å²) in [5, 5.41) is 12.1. The number of nitrogens with one attached hydrogen (secondary N) is 2. The van der Waals surface area contributed by atoms with Crippen molar-refractivity contribution in [3.05, 3.63) is 87.5 Å². The zero-order valence-electron chi connectivity index (χ0n) is 21.1. The van der Waals surface area contributed by atoms with E-state index in [-0.39, 0.29) is 23.8 Å². The maximum Gasteiger partial charge on any atom is 0.263 e. The summed E-state index contributed by atoms with van der Waals surface area (Å²) in [5.41, 5.74) is 4.51. The van der Waals surface area contributed by atoms with Crippen LogP contribution >= 0.6 is 0 Å². The molecule has 2 aromatic carbocycles. The molecule has 0 saturated carbocycles. The van der Waals surface area contributed by atoms with E-state index in [9.17, 15) is 9.59 Å². The van der Waals surface area contributed by atoms with Gasteiger partial charge in [0.2, 0.25) is 11.9 Å². The normalized spacial score (nSPS) is 11.1. The van der Waals surface area contributed by atoms with Crippen LogP contribution in [0.3, 0.4) is 0 Å². The van der Waals surface area contributed by atoms with Crippen molar-refractivity contribution in [1.29, 1.82) is 0 Å². The summed E-state index contributed by atoms with van der Waals surface area (Å²) in [6, 6.07) is 15.0. The number of rotatable bonds is 7. The molecule has 188 valence electrons. The molecule has 0 unspecified atom stereocenters. The molecule has 3 aromatic heterocycles. The first kappa shape index (κ1) is 24.0. The van der Waals surface area contributed by atoms with Gasteiger partial charge in [-0.05, 0) is 62.6 Å². The average Bonchev–Trinajstić information content (AvgIpc) is 3.45. The van der Waals surface area contributed by atoms with Gasteiger partial charge in [0.15, 0.2) is 5.65 Å². The Morgan fingerprint density at radius 2 is 1.86 bits per heavy atom. The largest absolute Gasteiger partial charge is 0.494 e. The first-order valence-electron chi connectivity index (χ1n) is 12.0. The molecule has 2 N–H and O–H groups in total. The standard InChI is InChI=1S/C27H27N7O3/c1-5-37-20-11-9-19(10-12-20)14-24(35)29-23-13-17(3)32-34(23)27-30-25-21(26(36)31-27)15-28-33(25)22-8-6-7-16(2)18(22)4/h6-13,15H,5,14H2,1-4H3,(H,29,35)(H,30,31,36). The average molecular weight is 498 g/mol. The molecule has 0 bridgehead atoms. The van der Waals surface area contributed by atoms with Gasteiger partial charge in [-0.15, -0.1) is 0 Å². The number of H-pyrrole nitrogens is 1. The lowest BCUT2D eigenvalue weighted by Gasteiger charge is -2.11. The third-order valence-electron chi connectivity index (χ3n) is 6.13. The Kier molecular flexibility index (Phi) is 6.31. The Balaban J connectivity index is 1.48. The molecule has 0 fully saturated rings. The Bertz CT molecular complexity index is 1660. The number of carbonyl (C=O) groups excluding carboxylic acids is 1. The zero-order chi connectivity index (χ0) is 26.1. The lowest BCUT2D eigenvalue weighted by Crippen LogP contribution is -2.20. The number of aromatic amines is 1. The highest BCUT2D eigenvalue weighted by Gasteiger charge is 2.18. The smallest absolute Gasteiger partial charge is 0.263 e. The van der Waals surface area contributed by atoms with Crippen molar-refractivity contribution >= 4 is 22.8 Å². The number of anilines is 1. The molecular weight excluding hydrogens is 470 g/mol. The van der Waals surface area contributed by atoms with Crippen LogP contribution in [0.15, 0.2) is 59.5 Å². The van der Waals surface area contributed by atoms with E-state index in [1.165, 1.54) is 10.9 Å². The third-order valence-corrected chi connectivity index (χ3v) is 6.13. The van der Waals surface area contributed by atoms with Gasteiger partial charge in [-0.3, -0.25) is 14.6 Å². The van der Waals surface area contributed by atoms with Gasteiger partial charge in [-0.25, -0.2) is 4.68 Å². The molecule has 5 aromatic rings. The van der Waals surface area contributed by atoms with Gasteiger partial charge >= 0.3 is 0 Å². The second kappa shape index (κ2) is 9.73. The molecule has 5 rings (SSSR count). The molecule has 0 aliphatic heterocycles. The molecule has 10 nitrogen and oxygen atoms in total. The van der Waals surface area contributed by atoms with Crippen molar-refractivity contribution in [2.24, 2.45) is 0 Å². The van der Waals surface area contributed by atoms with E-state index in [1.54, 1.807) is 17.7 Å². The van der Waals surface area contributed by atoms with Crippen molar-refractivity contribution in [3.8, 4) is 17.4 Å². The quantitative estimate of drug-likeness (QED) is 0.353. The molecule has 10 heteroatoms. The van der Waals surface area contributed by atoms with E-state index in [2.05, 4.69) is 25.5 Å². The van der Waals surface area contributed by atoms with Gasteiger partial charge in [-0.1, -0.05) is 24.3 Å². The Labute approximate surface area is 212 Å². The first-order valence-corrected chi connectivity index (χ1v) is 12.0. The Hall–Kier alpha value is -4.73. The lowest BCUT2D eigenvalue weighted by atomic mass is 10.1. The molecule has 0 aliphatic carbocycles. The number of carbonyl (C=O) groups is 1. The number of aryl methyl sites for hydroxylation is 2. The molecular formula is C27H27N7O3. The summed E-state index contributed by atoms with van der Waals surface area (Å²) in [5.74, 6) is 1.10. The molecule has 1 amide bonds. The highest BCUT2D eigenvalue weighted by Crippen LogP contribution is 2.22. The van der Waals surface area contributed by atoms with Crippen LogP contribution in [-0.4, -0.2) is 42.0 Å². The first-order chi connectivity index (χ1) is 17.8. The number of fused-ring (bicyclic) bond motifs is 1. The minimum atomic E-state index is -0.351. The van der Waals surface area contributed by atoms with Gasteiger partial charge < -0.3 is 10.1 Å². The zero-order valence-corrected chi connectivity index (χ0v) is 21.1. The fourth-order valence-electron chi connectivity index (χ4n) is 4.14. The topological polar surface area (TPSA) is 120 Å². The number of amides is 1. The van der Waals surface area contributed by atoms with Gasteiger partial charge in [0, 0.05) is 6.07 Å². The third kappa shape index (κ3) is 4.73. The molecule has 0 atom stereocenters. The van der Waals surface area contributed by atoms with Crippen molar-refractivity contribution in [2.75, 3.05) is 11.9 Å². The second-order valence-electron chi connectivity index (χ2n) is 8.79. The molecule has 0 spiro atoms. The monoisotopic (exact) mass is 497 g/mol. The van der Waals surface area contributed by atoms with Gasteiger partial charge in [-0.2, -0.15) is 19.9 Å². The molecule has 0 radical (unpaired) electrons. The number of hydrogen-bond acceptors (Lipinski definition) is 6. The Morgan fingerprint density at radius 3 is 2.62 bits per heavy atom. The van der Waals surface area contributed by atoms with E-state index in [1.807, 2.05) is 63.2 Å². The predicted octanol–water partition coefficient (Wildman–Crippen LogP) is 3.80. The number of benzene rings is 2. The molecule has 3 heterocycles. The number of nitrogens with zero attached hydrogens (tertiary/aromatic N) is 5. The fourth-order valence-corrected chi connectivity index (χ4v) is 4.14. The lowest BCUT2D eigenvalue weighted by molar-refractivity contribution is -0.115. The highest BCUT2D eigenvalue weighted by atomic mass is 16.5. The molecule has 0 aliphatic rings. The van der Waals surface area contributed by atoms with E-state index in [0.29, 0.717) is 29.2 Å². The van der Waals surface area contributed by atoms with E-state index < -0.39 is 0 Å². The van der Waals surface area contributed by atoms with Gasteiger partial charge in [0.1, 0.15) is 17.0 Å². The molecule has 37 heavy (non-hydrogen) atoms. The van der Waals surface area contributed by atoms with Crippen LogP contribution in [-0.2, 0) is 11.2 Å². The summed E-state index contributed by atoms with van der Waals surface area (Å²) < 4.78 is 8.53. The minimum absolute atomic E-state index is 0.166. The van der Waals surface area contributed by atoms with E-state index >= 15 is 0 Å². The van der Waals surface area contributed by atoms with Gasteiger partial charge in [0.25, 0.3) is 5.56 Å². The minimum Gasteiger partial charge on any atom is -0.494 e. The predicted molar refractivity (Wildman–Crippen MR) is 141 cm³/mol. The van der Waals surface area contributed by atoms with Crippen LogP contribution < -0.4 is 15.6 Å². The van der Waals surface area contributed by atoms with Crippen molar-refractivity contribution in [1.82, 2.24) is 29.5 Å². The fraction of sp³-hybridized carbons (Fsp3) is 0.222. The van der Waals surface area contributed by atoms with Crippen LogP contribution in [0.25, 0.3) is 22.7 Å². The van der Waals surface area contributed by atoms with Crippen molar-refractivity contribution < 1.29 is 9.53 Å². The number of hydrogen-bond donors (Lipinski definition) is 2. The summed E-state index contributed by atoms with van der Waals surface area (Å²) in [7, 11) is 0.